The number of rotatable bonds is 2. The molecule has 0 spiro atoms. The minimum atomic E-state index is -0.262. The van der Waals surface area contributed by atoms with Gasteiger partial charge >= 0.3 is 5.97 Å². The molecule has 0 saturated carbocycles. The Labute approximate surface area is 120 Å². The Morgan fingerprint density at radius 2 is 1.95 bits per heavy atom. The average molecular weight is 271 g/mol. The van der Waals surface area contributed by atoms with E-state index in [1.54, 1.807) is 0 Å². The van der Waals surface area contributed by atoms with Gasteiger partial charge in [-0.2, -0.15) is 0 Å². The maximum absolute atomic E-state index is 11.4. The van der Waals surface area contributed by atoms with E-state index in [1.165, 1.54) is 12.7 Å². The molecule has 1 aromatic heterocycles. The van der Waals surface area contributed by atoms with E-state index in [9.17, 15) is 4.79 Å². The summed E-state index contributed by atoms with van der Waals surface area (Å²) in [7, 11) is 1.39. The van der Waals surface area contributed by atoms with Gasteiger partial charge in [0.2, 0.25) is 0 Å². The molecule has 0 unspecified atom stereocenters. The minimum Gasteiger partial charge on any atom is -0.469 e. The third-order valence-corrected chi connectivity index (χ3v) is 3.49. The summed E-state index contributed by atoms with van der Waals surface area (Å²) in [5.41, 5.74) is 4.23. The number of fused-ring (bicyclic) bond motifs is 1. The number of benzene rings is 1. The minimum absolute atomic E-state index is 0.116. The molecule has 0 N–H and O–H groups in total. The average Bonchev–Trinajstić information content (AvgIpc) is 2.37. The van der Waals surface area contributed by atoms with Crippen LogP contribution in [-0.4, -0.2) is 18.1 Å². The highest BCUT2D eigenvalue weighted by molar-refractivity contribution is 5.84. The van der Waals surface area contributed by atoms with Gasteiger partial charge in [-0.25, -0.2) is 0 Å². The second-order valence-corrected chi connectivity index (χ2v) is 6.17. The fraction of sp³-hybridized carbons (Fsp3) is 0.412. The van der Waals surface area contributed by atoms with Gasteiger partial charge < -0.3 is 4.74 Å². The number of methoxy groups -OCH3 is 1. The van der Waals surface area contributed by atoms with Crippen molar-refractivity contribution in [3.63, 3.8) is 0 Å². The first-order chi connectivity index (χ1) is 9.31. The van der Waals surface area contributed by atoms with Crippen molar-refractivity contribution in [3.8, 4) is 0 Å². The molecule has 106 valence electrons. The van der Waals surface area contributed by atoms with E-state index in [4.69, 9.17) is 4.74 Å². The van der Waals surface area contributed by atoms with Gasteiger partial charge in [-0.05, 0) is 41.7 Å². The van der Waals surface area contributed by atoms with Crippen molar-refractivity contribution in [2.45, 2.75) is 39.5 Å². The lowest BCUT2D eigenvalue weighted by atomic mass is 9.86. The lowest BCUT2D eigenvalue weighted by Crippen LogP contribution is -2.11. The van der Waals surface area contributed by atoms with Crippen LogP contribution in [0, 0.1) is 6.92 Å². The maximum Gasteiger partial charge on any atom is 0.311 e. The van der Waals surface area contributed by atoms with Crippen LogP contribution in [-0.2, 0) is 21.4 Å². The van der Waals surface area contributed by atoms with Crippen LogP contribution in [0.2, 0.25) is 0 Å². The maximum atomic E-state index is 11.4. The largest absolute Gasteiger partial charge is 0.469 e. The van der Waals surface area contributed by atoms with Gasteiger partial charge in [0.15, 0.2) is 0 Å². The molecule has 0 bridgehead atoms. The highest BCUT2D eigenvalue weighted by Gasteiger charge is 2.15. The summed E-state index contributed by atoms with van der Waals surface area (Å²) in [6, 6.07) is 8.30. The van der Waals surface area contributed by atoms with Crippen molar-refractivity contribution in [3.05, 3.63) is 41.1 Å². The first-order valence-corrected chi connectivity index (χ1v) is 6.79. The van der Waals surface area contributed by atoms with Crippen LogP contribution < -0.4 is 0 Å². The fourth-order valence-electron chi connectivity index (χ4n) is 2.24. The molecule has 0 aliphatic rings. The molecule has 1 heterocycles. The molecule has 0 fully saturated rings. The second-order valence-electron chi connectivity index (χ2n) is 6.17. The summed E-state index contributed by atoms with van der Waals surface area (Å²) in [6.07, 6.45) is 0.217. The van der Waals surface area contributed by atoms with E-state index in [-0.39, 0.29) is 17.8 Å². The summed E-state index contributed by atoms with van der Waals surface area (Å²) in [4.78, 5) is 15.9. The number of carbonyl (C=O) groups excluding carboxylic acids is 1. The molecule has 1 aromatic carbocycles. The van der Waals surface area contributed by atoms with Gasteiger partial charge in [0.05, 0.1) is 24.7 Å². The van der Waals surface area contributed by atoms with E-state index in [1.807, 2.05) is 12.1 Å². The fourth-order valence-corrected chi connectivity index (χ4v) is 2.24. The van der Waals surface area contributed by atoms with E-state index >= 15 is 0 Å². The summed E-state index contributed by atoms with van der Waals surface area (Å²) >= 11 is 0. The standard InChI is InChI=1S/C17H21NO2/c1-11-8-13(10-16(19)20-5)18-15-7-6-12(9-14(11)15)17(2,3)4/h6-9H,10H2,1-5H3. The molecule has 0 amide bonds. The van der Waals surface area contributed by atoms with Gasteiger partial charge in [-0.3, -0.25) is 9.78 Å². The molecule has 2 aromatic rings. The molecular weight excluding hydrogens is 250 g/mol. The van der Waals surface area contributed by atoms with Gasteiger partial charge in [0, 0.05) is 5.39 Å². The number of hydrogen-bond donors (Lipinski definition) is 0. The predicted molar refractivity (Wildman–Crippen MR) is 80.9 cm³/mol. The Morgan fingerprint density at radius 1 is 1.25 bits per heavy atom. The Morgan fingerprint density at radius 3 is 2.55 bits per heavy atom. The zero-order chi connectivity index (χ0) is 14.9. The van der Waals surface area contributed by atoms with Crippen LogP contribution in [0.3, 0.4) is 0 Å². The van der Waals surface area contributed by atoms with Crippen molar-refractivity contribution in [2.24, 2.45) is 0 Å². The van der Waals surface area contributed by atoms with Gasteiger partial charge in [-0.15, -0.1) is 0 Å². The molecule has 3 heteroatoms. The molecule has 0 aliphatic heterocycles. The molecular formula is C17H21NO2. The Hall–Kier alpha value is -1.90. The SMILES string of the molecule is COC(=O)Cc1cc(C)c2cc(C(C)(C)C)ccc2n1. The topological polar surface area (TPSA) is 39.2 Å². The summed E-state index contributed by atoms with van der Waals surface area (Å²) in [5.74, 6) is -0.262. The van der Waals surface area contributed by atoms with Gasteiger partial charge in [0.1, 0.15) is 0 Å². The molecule has 3 nitrogen and oxygen atoms in total. The van der Waals surface area contributed by atoms with Crippen molar-refractivity contribution in [1.82, 2.24) is 4.98 Å². The zero-order valence-electron chi connectivity index (χ0n) is 12.8. The Bertz CT molecular complexity index is 654. The van der Waals surface area contributed by atoms with Crippen LogP contribution >= 0.6 is 0 Å². The molecule has 20 heavy (non-hydrogen) atoms. The van der Waals surface area contributed by atoms with Crippen LogP contribution in [0.15, 0.2) is 24.3 Å². The number of ether oxygens (including phenoxy) is 1. The van der Waals surface area contributed by atoms with Crippen LogP contribution in [0.25, 0.3) is 10.9 Å². The molecule has 0 aliphatic carbocycles. The summed E-state index contributed by atoms with van der Waals surface area (Å²) in [6.45, 7) is 8.64. The van der Waals surface area contributed by atoms with Crippen LogP contribution in [0.5, 0.6) is 0 Å². The number of aromatic nitrogens is 1. The summed E-state index contributed by atoms with van der Waals surface area (Å²) in [5, 5.41) is 1.14. The first kappa shape index (κ1) is 14.5. The summed E-state index contributed by atoms with van der Waals surface area (Å²) < 4.78 is 4.69. The molecule has 2 rings (SSSR count). The number of esters is 1. The van der Waals surface area contributed by atoms with Crippen molar-refractivity contribution in [2.75, 3.05) is 7.11 Å². The van der Waals surface area contributed by atoms with Crippen molar-refractivity contribution < 1.29 is 9.53 Å². The lowest BCUT2D eigenvalue weighted by Gasteiger charge is -2.20. The number of pyridine rings is 1. The Balaban J connectivity index is 2.50. The quantitative estimate of drug-likeness (QED) is 0.784. The highest BCUT2D eigenvalue weighted by Crippen LogP contribution is 2.27. The molecule has 0 radical (unpaired) electrons. The van der Waals surface area contributed by atoms with Gasteiger partial charge in [-0.1, -0.05) is 26.8 Å². The third-order valence-electron chi connectivity index (χ3n) is 3.49. The third kappa shape index (κ3) is 2.98. The number of nitrogens with zero attached hydrogens (tertiary/aromatic N) is 1. The highest BCUT2D eigenvalue weighted by atomic mass is 16.5. The second kappa shape index (κ2) is 5.23. The predicted octanol–water partition coefficient (Wildman–Crippen LogP) is 3.56. The normalized spacial score (nSPS) is 11.7. The van der Waals surface area contributed by atoms with Crippen LogP contribution in [0.1, 0.15) is 37.6 Å². The van der Waals surface area contributed by atoms with Crippen molar-refractivity contribution >= 4 is 16.9 Å². The Kier molecular flexibility index (Phi) is 3.80. The molecule has 0 atom stereocenters. The number of aryl methyl sites for hydroxylation is 1. The smallest absolute Gasteiger partial charge is 0.311 e. The van der Waals surface area contributed by atoms with Crippen molar-refractivity contribution in [1.29, 1.82) is 0 Å². The first-order valence-electron chi connectivity index (χ1n) is 6.79. The van der Waals surface area contributed by atoms with E-state index < -0.39 is 0 Å². The zero-order valence-corrected chi connectivity index (χ0v) is 12.8. The lowest BCUT2D eigenvalue weighted by molar-refractivity contribution is -0.139. The molecule has 0 saturated heterocycles. The van der Waals surface area contributed by atoms with E-state index in [0.29, 0.717) is 0 Å². The van der Waals surface area contributed by atoms with E-state index in [2.05, 4.69) is 44.8 Å². The monoisotopic (exact) mass is 271 g/mol. The van der Waals surface area contributed by atoms with E-state index in [0.717, 1.165) is 22.2 Å². The van der Waals surface area contributed by atoms with Gasteiger partial charge in [0.25, 0.3) is 0 Å². The number of carbonyl (C=O) groups is 1. The van der Waals surface area contributed by atoms with Crippen LogP contribution in [0.4, 0.5) is 0 Å². The number of hydrogen-bond acceptors (Lipinski definition) is 3.